The second-order valence-corrected chi connectivity index (χ2v) is 7.90. The average molecular weight is 377 g/mol. The minimum absolute atomic E-state index is 0.0238. The summed E-state index contributed by atoms with van der Waals surface area (Å²) in [5, 5.41) is 1.71. The van der Waals surface area contributed by atoms with E-state index in [0.29, 0.717) is 18.1 Å². The molecule has 0 aliphatic carbocycles. The molecule has 0 saturated carbocycles. The van der Waals surface area contributed by atoms with Crippen molar-refractivity contribution in [1.29, 1.82) is 0 Å². The van der Waals surface area contributed by atoms with Gasteiger partial charge in [0.2, 0.25) is 11.8 Å². The zero-order valence-corrected chi connectivity index (χ0v) is 15.9. The SMILES string of the molecule is CN(C)C(=O)C1CCN(C(=O)/C=C/c2sc3ccccc3c2Cl)CC1. The van der Waals surface area contributed by atoms with Gasteiger partial charge in [-0.25, -0.2) is 0 Å². The molecule has 0 spiro atoms. The molecule has 0 unspecified atom stereocenters. The van der Waals surface area contributed by atoms with E-state index in [4.69, 9.17) is 11.6 Å². The van der Waals surface area contributed by atoms with Crippen LogP contribution in [0.25, 0.3) is 16.2 Å². The number of hydrogen-bond donors (Lipinski definition) is 0. The molecule has 4 nitrogen and oxygen atoms in total. The maximum absolute atomic E-state index is 12.4. The molecule has 1 aromatic heterocycles. The summed E-state index contributed by atoms with van der Waals surface area (Å²) >= 11 is 7.98. The predicted octanol–water partition coefficient (Wildman–Crippen LogP) is 3.89. The smallest absolute Gasteiger partial charge is 0.246 e. The molecule has 2 heterocycles. The lowest BCUT2D eigenvalue weighted by atomic mass is 9.95. The van der Waals surface area contributed by atoms with Crippen LogP contribution in [0.3, 0.4) is 0 Å². The van der Waals surface area contributed by atoms with E-state index in [1.807, 2.05) is 24.3 Å². The molecule has 0 bridgehead atoms. The largest absolute Gasteiger partial charge is 0.349 e. The van der Waals surface area contributed by atoms with Gasteiger partial charge in [0, 0.05) is 54.1 Å². The molecule has 1 aromatic carbocycles. The van der Waals surface area contributed by atoms with Crippen molar-refractivity contribution in [1.82, 2.24) is 9.80 Å². The van der Waals surface area contributed by atoms with Crippen molar-refractivity contribution in [2.24, 2.45) is 5.92 Å². The van der Waals surface area contributed by atoms with Gasteiger partial charge in [0.05, 0.1) is 5.02 Å². The van der Waals surface area contributed by atoms with Crippen molar-refractivity contribution in [2.45, 2.75) is 12.8 Å². The van der Waals surface area contributed by atoms with Crippen molar-refractivity contribution in [3.63, 3.8) is 0 Å². The summed E-state index contributed by atoms with van der Waals surface area (Å²) in [6.45, 7) is 1.24. The Bertz CT molecular complexity index is 820. The van der Waals surface area contributed by atoms with Crippen LogP contribution in [-0.4, -0.2) is 48.8 Å². The molecular weight excluding hydrogens is 356 g/mol. The number of carbonyl (C=O) groups is 2. The van der Waals surface area contributed by atoms with Gasteiger partial charge in [-0.15, -0.1) is 11.3 Å². The summed E-state index contributed by atoms with van der Waals surface area (Å²) in [6.07, 6.45) is 4.83. The molecule has 0 N–H and O–H groups in total. The Morgan fingerprint density at radius 3 is 2.56 bits per heavy atom. The monoisotopic (exact) mass is 376 g/mol. The number of amides is 2. The lowest BCUT2D eigenvalue weighted by Gasteiger charge is -2.31. The number of carbonyl (C=O) groups excluding carboxylic acids is 2. The van der Waals surface area contributed by atoms with Crippen molar-refractivity contribution in [3.05, 3.63) is 40.2 Å². The van der Waals surface area contributed by atoms with E-state index in [2.05, 4.69) is 0 Å². The lowest BCUT2D eigenvalue weighted by Crippen LogP contribution is -2.42. The van der Waals surface area contributed by atoms with E-state index in [9.17, 15) is 9.59 Å². The summed E-state index contributed by atoms with van der Waals surface area (Å²) < 4.78 is 1.11. The summed E-state index contributed by atoms with van der Waals surface area (Å²) in [6, 6.07) is 7.95. The van der Waals surface area contributed by atoms with Gasteiger partial charge in [0.25, 0.3) is 0 Å². The molecule has 1 aliphatic rings. The van der Waals surface area contributed by atoms with E-state index in [1.165, 1.54) is 0 Å². The first-order chi connectivity index (χ1) is 12.0. The Balaban J connectivity index is 1.63. The van der Waals surface area contributed by atoms with Crippen LogP contribution in [0.15, 0.2) is 30.3 Å². The normalized spacial score (nSPS) is 15.9. The fourth-order valence-corrected chi connectivity index (χ4v) is 4.50. The molecule has 0 atom stereocenters. The molecular formula is C19H21ClN2O2S. The molecule has 1 aliphatic heterocycles. The first-order valence-corrected chi connectivity index (χ1v) is 9.52. The van der Waals surface area contributed by atoms with Crippen LogP contribution in [0.2, 0.25) is 5.02 Å². The summed E-state index contributed by atoms with van der Waals surface area (Å²) in [4.78, 5) is 28.7. The summed E-state index contributed by atoms with van der Waals surface area (Å²) in [7, 11) is 3.55. The Kier molecular flexibility index (Phi) is 5.45. The highest BCUT2D eigenvalue weighted by molar-refractivity contribution is 7.20. The minimum Gasteiger partial charge on any atom is -0.349 e. The molecule has 3 rings (SSSR count). The number of likely N-dealkylation sites (tertiary alicyclic amines) is 1. The number of piperidine rings is 1. The summed E-state index contributed by atoms with van der Waals surface area (Å²) in [5.41, 5.74) is 0. The van der Waals surface area contributed by atoms with Gasteiger partial charge in [0.1, 0.15) is 0 Å². The molecule has 132 valence electrons. The maximum Gasteiger partial charge on any atom is 0.246 e. The molecule has 1 saturated heterocycles. The third kappa shape index (κ3) is 3.88. The number of hydrogen-bond acceptors (Lipinski definition) is 3. The second-order valence-electron chi connectivity index (χ2n) is 6.44. The summed E-state index contributed by atoms with van der Waals surface area (Å²) in [5.74, 6) is 0.157. The first-order valence-electron chi connectivity index (χ1n) is 8.32. The third-order valence-corrected chi connectivity index (χ3v) is 6.19. The molecule has 2 aromatic rings. The second kappa shape index (κ2) is 7.58. The van der Waals surface area contributed by atoms with E-state index in [0.717, 1.165) is 27.8 Å². The van der Waals surface area contributed by atoms with E-state index in [-0.39, 0.29) is 17.7 Å². The zero-order chi connectivity index (χ0) is 18.0. The van der Waals surface area contributed by atoms with Gasteiger partial charge in [0.15, 0.2) is 0 Å². The topological polar surface area (TPSA) is 40.6 Å². The molecule has 6 heteroatoms. The minimum atomic E-state index is -0.0238. The number of nitrogens with zero attached hydrogens (tertiary/aromatic N) is 2. The van der Waals surface area contributed by atoms with Crippen LogP contribution in [0.4, 0.5) is 0 Å². The fraction of sp³-hybridized carbons (Fsp3) is 0.368. The molecule has 0 radical (unpaired) electrons. The average Bonchev–Trinajstić information content (AvgIpc) is 2.95. The van der Waals surface area contributed by atoms with Crippen LogP contribution >= 0.6 is 22.9 Å². The Hall–Kier alpha value is -1.85. The Morgan fingerprint density at radius 2 is 1.92 bits per heavy atom. The van der Waals surface area contributed by atoms with Gasteiger partial charge >= 0.3 is 0 Å². The van der Waals surface area contributed by atoms with Crippen molar-refractivity contribution >= 4 is 50.9 Å². The highest BCUT2D eigenvalue weighted by atomic mass is 35.5. The fourth-order valence-electron chi connectivity index (χ4n) is 3.10. The number of benzene rings is 1. The van der Waals surface area contributed by atoms with Gasteiger partial charge in [-0.2, -0.15) is 0 Å². The van der Waals surface area contributed by atoms with E-state index >= 15 is 0 Å². The first kappa shape index (κ1) is 18.0. The van der Waals surface area contributed by atoms with Gasteiger partial charge in [-0.3, -0.25) is 9.59 Å². The van der Waals surface area contributed by atoms with Crippen molar-refractivity contribution < 1.29 is 9.59 Å². The van der Waals surface area contributed by atoms with Crippen LogP contribution in [0.1, 0.15) is 17.7 Å². The predicted molar refractivity (Wildman–Crippen MR) is 104 cm³/mol. The van der Waals surface area contributed by atoms with Crippen molar-refractivity contribution in [2.75, 3.05) is 27.2 Å². The number of thiophene rings is 1. The number of rotatable bonds is 3. The number of fused-ring (bicyclic) bond motifs is 1. The van der Waals surface area contributed by atoms with Crippen LogP contribution in [0.5, 0.6) is 0 Å². The van der Waals surface area contributed by atoms with Crippen LogP contribution in [0, 0.1) is 5.92 Å². The lowest BCUT2D eigenvalue weighted by molar-refractivity contribution is -0.137. The maximum atomic E-state index is 12.4. The highest BCUT2D eigenvalue weighted by Gasteiger charge is 2.27. The van der Waals surface area contributed by atoms with E-state index < -0.39 is 0 Å². The number of halogens is 1. The quantitative estimate of drug-likeness (QED) is 0.762. The molecule has 25 heavy (non-hydrogen) atoms. The molecule has 1 fully saturated rings. The highest BCUT2D eigenvalue weighted by Crippen LogP contribution is 2.36. The Labute approximate surface area is 156 Å². The third-order valence-electron chi connectivity index (χ3n) is 4.53. The van der Waals surface area contributed by atoms with Crippen LogP contribution in [-0.2, 0) is 9.59 Å². The standard InChI is InChI=1S/C19H21ClN2O2S/c1-21(2)19(24)13-9-11-22(12-10-13)17(23)8-7-16-18(20)14-5-3-4-6-15(14)25-16/h3-8,13H,9-12H2,1-2H3/b8-7+. The van der Waals surface area contributed by atoms with Crippen LogP contribution < -0.4 is 0 Å². The van der Waals surface area contributed by atoms with Gasteiger partial charge in [-0.05, 0) is 25.0 Å². The van der Waals surface area contributed by atoms with Gasteiger partial charge in [-0.1, -0.05) is 29.8 Å². The Morgan fingerprint density at radius 1 is 1.24 bits per heavy atom. The van der Waals surface area contributed by atoms with Crippen molar-refractivity contribution in [3.8, 4) is 0 Å². The van der Waals surface area contributed by atoms with Gasteiger partial charge < -0.3 is 9.80 Å². The molecule has 2 amide bonds. The van der Waals surface area contributed by atoms with E-state index in [1.54, 1.807) is 47.4 Å². The zero-order valence-electron chi connectivity index (χ0n) is 14.4.